The van der Waals surface area contributed by atoms with E-state index < -0.39 is 23.3 Å². The molecule has 0 aromatic carbocycles. The van der Waals surface area contributed by atoms with Gasteiger partial charge in [0.2, 0.25) is 5.91 Å². The second-order valence-corrected chi connectivity index (χ2v) is 8.19. The molecule has 1 aromatic heterocycles. The minimum absolute atomic E-state index is 0. The SMILES string of the molecule is C=CC1(C(=O)[O-])CS[C@@H]2C(NC(=O)C(=NOCC)c3csc(N)n3)C(=O)N2C1.[Na+]. The Kier molecular flexibility index (Phi) is 7.74. The number of carbonyl (C=O) groups is 3. The van der Waals surface area contributed by atoms with Gasteiger partial charge < -0.3 is 30.7 Å². The monoisotopic (exact) mass is 447 g/mol. The standard InChI is InChI=1S/C16H19N5O5S2.Na/c1-3-16(14(24)25)6-21-12(23)10(13(21)28-7-16)19-11(22)9(20-26-4-2)8-5-27-15(17)18-8;/h3,5,10,13H,1,4,6-7H2,2H3,(H2,17,18)(H,19,22)(H,24,25);/q;+1/p-1/t10?,13-,16?;/m1./s1. The van der Waals surface area contributed by atoms with Crippen molar-refractivity contribution in [2.75, 3.05) is 24.6 Å². The first-order chi connectivity index (χ1) is 13.3. The predicted molar refractivity (Wildman–Crippen MR) is 102 cm³/mol. The number of β-lactam (4-membered cyclic amide) rings is 1. The molecule has 2 unspecified atom stereocenters. The molecular formula is C16H18N5NaO5S2. The number of amides is 2. The molecule has 0 saturated carbocycles. The maximum atomic E-state index is 12.7. The molecule has 1 aromatic rings. The van der Waals surface area contributed by atoms with Crippen molar-refractivity contribution in [3.63, 3.8) is 0 Å². The number of aliphatic carboxylic acids is 1. The third-order valence-corrected chi connectivity index (χ3v) is 6.68. The predicted octanol–water partition coefficient (Wildman–Crippen LogP) is -4.21. The summed E-state index contributed by atoms with van der Waals surface area (Å²) in [7, 11) is 0. The number of carboxylic acid groups (broad SMARTS) is 1. The normalized spacial score (nSPS) is 25.9. The minimum atomic E-state index is -1.30. The molecule has 3 atom stereocenters. The molecule has 0 spiro atoms. The van der Waals surface area contributed by atoms with Gasteiger partial charge in [-0.05, 0) is 6.92 Å². The van der Waals surface area contributed by atoms with Gasteiger partial charge in [0.1, 0.15) is 23.7 Å². The number of nitrogens with two attached hydrogens (primary N) is 1. The van der Waals surface area contributed by atoms with Gasteiger partial charge in [-0.25, -0.2) is 4.98 Å². The van der Waals surface area contributed by atoms with Gasteiger partial charge in [-0.3, -0.25) is 9.59 Å². The minimum Gasteiger partial charge on any atom is -0.549 e. The van der Waals surface area contributed by atoms with Crippen molar-refractivity contribution in [2.45, 2.75) is 18.3 Å². The van der Waals surface area contributed by atoms with E-state index in [2.05, 4.69) is 22.0 Å². The van der Waals surface area contributed by atoms with Crippen LogP contribution in [-0.4, -0.2) is 63.7 Å². The molecule has 29 heavy (non-hydrogen) atoms. The van der Waals surface area contributed by atoms with E-state index in [0.717, 1.165) is 11.3 Å². The number of nitrogens with zero attached hydrogens (tertiary/aromatic N) is 3. The summed E-state index contributed by atoms with van der Waals surface area (Å²) < 4.78 is 0. The zero-order chi connectivity index (χ0) is 20.5. The van der Waals surface area contributed by atoms with Crippen molar-refractivity contribution >= 4 is 51.7 Å². The van der Waals surface area contributed by atoms with E-state index in [1.165, 1.54) is 22.7 Å². The van der Waals surface area contributed by atoms with Gasteiger partial charge in [0.25, 0.3) is 5.91 Å². The van der Waals surface area contributed by atoms with Crippen LogP contribution in [0.2, 0.25) is 0 Å². The average molecular weight is 447 g/mol. The van der Waals surface area contributed by atoms with Crippen molar-refractivity contribution in [3.05, 3.63) is 23.7 Å². The molecule has 0 aliphatic carbocycles. The van der Waals surface area contributed by atoms with Crippen molar-refractivity contribution in [1.82, 2.24) is 15.2 Å². The Morgan fingerprint density at radius 3 is 2.90 bits per heavy atom. The number of anilines is 1. The molecule has 2 saturated heterocycles. The second kappa shape index (κ2) is 9.47. The van der Waals surface area contributed by atoms with Crippen LogP contribution in [-0.2, 0) is 19.2 Å². The van der Waals surface area contributed by atoms with Crippen LogP contribution in [0.1, 0.15) is 12.6 Å². The number of hydrogen-bond donors (Lipinski definition) is 2. The summed E-state index contributed by atoms with van der Waals surface area (Å²) in [5.74, 6) is -2.09. The average Bonchev–Trinajstić information content (AvgIpc) is 3.11. The number of aromatic nitrogens is 1. The summed E-state index contributed by atoms with van der Waals surface area (Å²) in [6, 6.07) is -0.801. The summed E-state index contributed by atoms with van der Waals surface area (Å²) in [5.41, 5.74) is 4.47. The maximum Gasteiger partial charge on any atom is 1.00 e. The van der Waals surface area contributed by atoms with Crippen molar-refractivity contribution in [2.24, 2.45) is 10.6 Å². The number of hydrogen-bond acceptors (Lipinski definition) is 10. The zero-order valence-electron chi connectivity index (χ0n) is 15.9. The Labute approximate surface area is 197 Å². The van der Waals surface area contributed by atoms with E-state index in [0.29, 0.717) is 0 Å². The number of thiazole rings is 1. The molecule has 3 N–H and O–H groups in total. The van der Waals surface area contributed by atoms with Crippen LogP contribution in [0.25, 0.3) is 0 Å². The van der Waals surface area contributed by atoms with Gasteiger partial charge in [-0.15, -0.1) is 29.7 Å². The van der Waals surface area contributed by atoms with Crippen molar-refractivity contribution in [3.8, 4) is 0 Å². The first kappa shape index (κ1) is 23.7. The zero-order valence-corrected chi connectivity index (χ0v) is 19.5. The number of oxime groups is 1. The molecule has 2 aliphatic rings. The van der Waals surface area contributed by atoms with Gasteiger partial charge >= 0.3 is 29.6 Å². The largest absolute Gasteiger partial charge is 1.00 e. The number of fused-ring (bicyclic) bond motifs is 1. The Morgan fingerprint density at radius 2 is 2.34 bits per heavy atom. The second-order valence-electron chi connectivity index (χ2n) is 6.20. The fourth-order valence-corrected chi connectivity index (χ4v) is 4.94. The molecule has 0 radical (unpaired) electrons. The number of nitrogen functional groups attached to an aromatic ring is 1. The Bertz CT molecular complexity index is 863. The van der Waals surface area contributed by atoms with Gasteiger partial charge in [0, 0.05) is 17.7 Å². The van der Waals surface area contributed by atoms with Gasteiger partial charge in [0.05, 0.1) is 11.4 Å². The molecule has 3 heterocycles. The molecule has 150 valence electrons. The molecule has 13 heteroatoms. The molecule has 2 fully saturated rings. The summed E-state index contributed by atoms with van der Waals surface area (Å²) in [5, 5.41) is 19.3. The maximum absolute atomic E-state index is 12.7. The van der Waals surface area contributed by atoms with Gasteiger partial charge in [-0.2, -0.15) is 0 Å². The topological polar surface area (TPSA) is 150 Å². The number of nitrogens with one attached hydrogen (secondary N) is 1. The summed E-state index contributed by atoms with van der Waals surface area (Å²) in [6.45, 7) is 5.48. The first-order valence-corrected chi connectivity index (χ1v) is 10.2. The van der Waals surface area contributed by atoms with Gasteiger partial charge in [0.15, 0.2) is 10.8 Å². The molecule has 2 amide bonds. The van der Waals surface area contributed by atoms with E-state index in [1.807, 2.05) is 0 Å². The molecule has 2 aliphatic heterocycles. The van der Waals surface area contributed by atoms with Crippen LogP contribution in [0.5, 0.6) is 0 Å². The molecular weight excluding hydrogens is 429 g/mol. The smallest absolute Gasteiger partial charge is 0.549 e. The van der Waals surface area contributed by atoms with Crippen LogP contribution in [0.4, 0.5) is 5.13 Å². The Morgan fingerprint density at radius 1 is 1.62 bits per heavy atom. The number of rotatable bonds is 7. The Hall–Kier alpha value is -1.60. The summed E-state index contributed by atoms with van der Waals surface area (Å²) in [6.07, 6.45) is 1.30. The van der Waals surface area contributed by atoms with E-state index in [4.69, 9.17) is 10.6 Å². The fourth-order valence-electron chi connectivity index (χ4n) is 2.86. The number of thioether (sulfide) groups is 1. The third-order valence-electron chi connectivity index (χ3n) is 4.45. The summed E-state index contributed by atoms with van der Waals surface area (Å²) in [4.78, 5) is 47.0. The van der Waals surface area contributed by atoms with Crippen LogP contribution < -0.4 is 45.7 Å². The molecule has 0 bridgehead atoms. The van der Waals surface area contributed by atoms with Crippen LogP contribution in [0.15, 0.2) is 23.2 Å². The van der Waals surface area contributed by atoms with Crippen LogP contribution in [0.3, 0.4) is 0 Å². The quantitative estimate of drug-likeness (QED) is 0.140. The van der Waals surface area contributed by atoms with E-state index in [1.54, 1.807) is 12.3 Å². The Balaban J connectivity index is 0.00000300. The number of carboxylic acids is 1. The van der Waals surface area contributed by atoms with E-state index in [9.17, 15) is 19.5 Å². The van der Waals surface area contributed by atoms with Crippen molar-refractivity contribution in [1.29, 1.82) is 0 Å². The fraction of sp³-hybridized carbons (Fsp3) is 0.438. The van der Waals surface area contributed by atoms with Crippen LogP contribution in [0, 0.1) is 5.41 Å². The van der Waals surface area contributed by atoms with E-state index >= 15 is 0 Å². The third kappa shape index (κ3) is 4.45. The van der Waals surface area contributed by atoms with Crippen molar-refractivity contribution < 1.29 is 53.9 Å². The molecule has 3 rings (SSSR count). The van der Waals surface area contributed by atoms with Gasteiger partial charge in [-0.1, -0.05) is 11.2 Å². The first-order valence-electron chi connectivity index (χ1n) is 8.32. The number of carbonyl (C=O) groups excluding carboxylic acids is 3. The van der Waals surface area contributed by atoms with E-state index in [-0.39, 0.29) is 76.3 Å². The summed E-state index contributed by atoms with van der Waals surface area (Å²) >= 11 is 2.40. The van der Waals surface area contributed by atoms with Crippen LogP contribution >= 0.6 is 23.1 Å². The molecule has 10 nitrogen and oxygen atoms in total.